The highest BCUT2D eigenvalue weighted by molar-refractivity contribution is 7.89. The minimum atomic E-state index is -3.90. The maximum Gasteiger partial charge on any atom is 0.257 e. The summed E-state index contributed by atoms with van der Waals surface area (Å²) in [5.41, 5.74) is 0.110. The fraction of sp³-hybridized carbons (Fsp3) is 0.562. The van der Waals surface area contributed by atoms with Crippen molar-refractivity contribution in [3.05, 3.63) is 22.7 Å². The van der Waals surface area contributed by atoms with Crippen LogP contribution in [-0.4, -0.2) is 59.6 Å². The van der Waals surface area contributed by atoms with E-state index >= 15 is 0 Å². The normalized spacial score (nSPS) is 20.2. The predicted octanol–water partition coefficient (Wildman–Crippen LogP) is 1.75. The number of methoxy groups -OCH3 is 1. The fourth-order valence-corrected chi connectivity index (χ4v) is 4.71. The van der Waals surface area contributed by atoms with Gasteiger partial charge >= 0.3 is 0 Å². The highest BCUT2D eigenvalue weighted by Gasteiger charge is 2.31. The van der Waals surface area contributed by atoms with Crippen molar-refractivity contribution in [2.24, 2.45) is 5.92 Å². The van der Waals surface area contributed by atoms with E-state index < -0.39 is 10.0 Å². The summed E-state index contributed by atoms with van der Waals surface area (Å²) in [5, 5.41) is 3.38. The van der Waals surface area contributed by atoms with Crippen molar-refractivity contribution in [2.45, 2.75) is 24.3 Å². The Labute approximate surface area is 165 Å². The average molecular weight is 426 g/mol. The maximum atomic E-state index is 12.9. The summed E-state index contributed by atoms with van der Waals surface area (Å²) in [5.74, 6) is -0.236. The fourth-order valence-electron chi connectivity index (χ4n) is 2.83. The first-order chi connectivity index (χ1) is 11.7. The molecular weight excluding hydrogens is 401 g/mol. The van der Waals surface area contributed by atoms with Gasteiger partial charge < -0.3 is 15.0 Å². The van der Waals surface area contributed by atoms with Gasteiger partial charge in [0.2, 0.25) is 10.0 Å². The lowest BCUT2D eigenvalue weighted by atomic mass is 9.97. The number of benzene rings is 1. The van der Waals surface area contributed by atoms with Gasteiger partial charge in [0, 0.05) is 25.2 Å². The molecule has 1 amide bonds. The van der Waals surface area contributed by atoms with Gasteiger partial charge in [-0.2, -0.15) is 0 Å². The van der Waals surface area contributed by atoms with Gasteiger partial charge in [-0.3, -0.25) is 4.79 Å². The molecule has 0 radical (unpaired) electrons. The van der Waals surface area contributed by atoms with E-state index in [4.69, 9.17) is 16.3 Å². The van der Waals surface area contributed by atoms with Crippen LogP contribution < -0.4 is 14.8 Å². The molecule has 1 aromatic carbocycles. The first-order valence-electron chi connectivity index (χ1n) is 7.99. The second kappa shape index (κ2) is 9.23. The van der Waals surface area contributed by atoms with E-state index in [-0.39, 0.29) is 51.5 Å². The van der Waals surface area contributed by atoms with Crippen LogP contribution in [0.15, 0.2) is 17.0 Å². The zero-order valence-electron chi connectivity index (χ0n) is 15.2. The number of ether oxygens (including phenoxy) is 1. The summed E-state index contributed by atoms with van der Waals surface area (Å²) in [6.07, 6.45) is 0.687. The summed E-state index contributed by atoms with van der Waals surface area (Å²) in [7, 11) is 0.588. The minimum Gasteiger partial charge on any atom is -0.494 e. The molecule has 1 fully saturated rings. The SMILES string of the molecule is COc1c(C(=O)N(C)C)cc(Cl)cc1S(=O)(=O)NC1CCNCC1C.Cl. The number of amides is 1. The Bertz CT molecular complexity index is 756. The molecule has 2 unspecified atom stereocenters. The van der Waals surface area contributed by atoms with Crippen LogP contribution >= 0.6 is 24.0 Å². The molecule has 1 aliphatic heterocycles. The Hall–Kier alpha value is -1.06. The first kappa shape index (κ1) is 23.0. The van der Waals surface area contributed by atoms with Crippen LogP contribution in [0.1, 0.15) is 23.7 Å². The molecule has 148 valence electrons. The number of halogens is 2. The first-order valence-corrected chi connectivity index (χ1v) is 9.85. The maximum absolute atomic E-state index is 12.9. The molecule has 0 aromatic heterocycles. The van der Waals surface area contributed by atoms with Gasteiger partial charge in [0.05, 0.1) is 12.7 Å². The largest absolute Gasteiger partial charge is 0.494 e. The summed E-state index contributed by atoms with van der Waals surface area (Å²) in [6.45, 7) is 3.47. The van der Waals surface area contributed by atoms with E-state index in [1.54, 1.807) is 14.1 Å². The number of carbonyl (C=O) groups is 1. The number of hydrogen-bond acceptors (Lipinski definition) is 5. The van der Waals surface area contributed by atoms with Gasteiger partial charge in [-0.1, -0.05) is 18.5 Å². The van der Waals surface area contributed by atoms with Crippen molar-refractivity contribution in [1.82, 2.24) is 14.9 Å². The molecule has 0 spiro atoms. The molecule has 26 heavy (non-hydrogen) atoms. The lowest BCUT2D eigenvalue weighted by molar-refractivity contribution is 0.0824. The predicted molar refractivity (Wildman–Crippen MR) is 104 cm³/mol. The third-order valence-electron chi connectivity index (χ3n) is 4.24. The Morgan fingerprint density at radius 1 is 1.38 bits per heavy atom. The standard InChI is InChI=1S/C16H24ClN3O4S.ClH/c1-10-9-18-6-5-13(10)19-25(22,23)14-8-11(17)7-12(15(14)24-4)16(21)20(2)3;/h7-8,10,13,18-19H,5-6,9H2,1-4H3;1H. The van der Waals surface area contributed by atoms with Crippen molar-refractivity contribution in [3.8, 4) is 5.75 Å². The second-order valence-electron chi connectivity index (χ2n) is 6.38. The summed E-state index contributed by atoms with van der Waals surface area (Å²) in [6, 6.07) is 2.53. The molecule has 0 saturated carbocycles. The van der Waals surface area contributed by atoms with Gasteiger partial charge in [-0.15, -0.1) is 12.4 Å². The average Bonchev–Trinajstić information content (AvgIpc) is 2.55. The molecule has 1 saturated heterocycles. The molecule has 2 N–H and O–H groups in total. The van der Waals surface area contributed by atoms with Gasteiger partial charge in [-0.25, -0.2) is 13.1 Å². The summed E-state index contributed by atoms with van der Waals surface area (Å²) in [4.78, 5) is 13.6. The number of rotatable bonds is 5. The van der Waals surface area contributed by atoms with E-state index in [0.717, 1.165) is 13.1 Å². The Kier molecular flexibility index (Phi) is 8.16. The van der Waals surface area contributed by atoms with Crippen LogP contribution in [0.2, 0.25) is 5.02 Å². The number of nitrogens with zero attached hydrogens (tertiary/aromatic N) is 1. The second-order valence-corrected chi connectivity index (χ2v) is 8.50. The van der Waals surface area contributed by atoms with Gasteiger partial charge in [0.1, 0.15) is 4.90 Å². The summed E-state index contributed by atoms with van der Waals surface area (Å²) < 4.78 is 33.8. The molecule has 1 aromatic rings. The van der Waals surface area contributed by atoms with Crippen molar-refractivity contribution in [3.63, 3.8) is 0 Å². The zero-order valence-corrected chi connectivity index (χ0v) is 17.6. The molecule has 0 aliphatic carbocycles. The van der Waals surface area contributed by atoms with Gasteiger partial charge in [0.15, 0.2) is 5.75 Å². The van der Waals surface area contributed by atoms with Crippen LogP contribution in [0.5, 0.6) is 5.75 Å². The molecule has 7 nitrogen and oxygen atoms in total. The molecule has 0 bridgehead atoms. The van der Waals surface area contributed by atoms with Crippen molar-refractivity contribution in [2.75, 3.05) is 34.3 Å². The van der Waals surface area contributed by atoms with Crippen LogP contribution in [0, 0.1) is 5.92 Å². The minimum absolute atomic E-state index is 0. The third-order valence-corrected chi connectivity index (χ3v) is 5.96. The van der Waals surface area contributed by atoms with E-state index in [2.05, 4.69) is 10.0 Å². The topological polar surface area (TPSA) is 87.7 Å². The van der Waals surface area contributed by atoms with E-state index in [0.29, 0.717) is 6.42 Å². The number of hydrogen-bond donors (Lipinski definition) is 2. The zero-order chi connectivity index (χ0) is 18.8. The van der Waals surface area contributed by atoms with Crippen molar-refractivity contribution < 1.29 is 17.9 Å². The van der Waals surface area contributed by atoms with E-state index in [1.807, 2.05) is 6.92 Å². The Morgan fingerprint density at radius 3 is 2.58 bits per heavy atom. The van der Waals surface area contributed by atoms with Crippen LogP contribution in [-0.2, 0) is 10.0 Å². The number of carbonyl (C=O) groups excluding carboxylic acids is 1. The monoisotopic (exact) mass is 425 g/mol. The number of nitrogens with one attached hydrogen (secondary N) is 2. The summed E-state index contributed by atoms with van der Waals surface area (Å²) >= 11 is 6.08. The highest BCUT2D eigenvalue weighted by Crippen LogP contribution is 2.33. The lowest BCUT2D eigenvalue weighted by Gasteiger charge is -2.30. The van der Waals surface area contributed by atoms with Crippen molar-refractivity contribution >= 4 is 39.9 Å². The van der Waals surface area contributed by atoms with Gasteiger partial charge in [0.25, 0.3) is 5.91 Å². The lowest BCUT2D eigenvalue weighted by Crippen LogP contribution is -2.48. The quantitative estimate of drug-likeness (QED) is 0.749. The Morgan fingerprint density at radius 2 is 2.04 bits per heavy atom. The van der Waals surface area contributed by atoms with Crippen LogP contribution in [0.25, 0.3) is 0 Å². The van der Waals surface area contributed by atoms with Crippen molar-refractivity contribution in [1.29, 1.82) is 0 Å². The number of piperidine rings is 1. The van der Waals surface area contributed by atoms with Crippen LogP contribution in [0.3, 0.4) is 0 Å². The van der Waals surface area contributed by atoms with Crippen LogP contribution in [0.4, 0.5) is 0 Å². The molecule has 10 heteroatoms. The smallest absolute Gasteiger partial charge is 0.257 e. The van der Waals surface area contributed by atoms with E-state index in [9.17, 15) is 13.2 Å². The molecule has 1 heterocycles. The third kappa shape index (κ3) is 5.01. The molecular formula is C16H25Cl2N3O4S. The Balaban J connectivity index is 0.00000338. The van der Waals surface area contributed by atoms with E-state index in [1.165, 1.54) is 24.1 Å². The molecule has 1 aliphatic rings. The van der Waals surface area contributed by atoms with Gasteiger partial charge in [-0.05, 0) is 37.6 Å². The number of sulfonamides is 1. The molecule has 2 rings (SSSR count). The molecule has 2 atom stereocenters. The highest BCUT2D eigenvalue weighted by atomic mass is 35.5.